The van der Waals surface area contributed by atoms with E-state index in [1.165, 1.54) is 0 Å². The van der Waals surface area contributed by atoms with Crippen molar-refractivity contribution < 1.29 is 26.4 Å². The lowest BCUT2D eigenvalue weighted by Crippen LogP contribution is -2.60. The number of nitrogens with zero attached hydrogens (tertiary/aromatic N) is 3. The van der Waals surface area contributed by atoms with Crippen molar-refractivity contribution in [2.75, 3.05) is 14.1 Å². The van der Waals surface area contributed by atoms with Crippen molar-refractivity contribution in [3.05, 3.63) is 70.3 Å². The van der Waals surface area contributed by atoms with Gasteiger partial charge < -0.3 is 4.90 Å². The van der Waals surface area contributed by atoms with Crippen LogP contribution in [0.4, 0.5) is 0 Å². The number of fused-ring (bicyclic) bond motifs is 4. The van der Waals surface area contributed by atoms with Crippen LogP contribution >= 0.6 is 23.2 Å². The van der Waals surface area contributed by atoms with E-state index in [2.05, 4.69) is 0 Å². The minimum atomic E-state index is -3.71. The van der Waals surface area contributed by atoms with E-state index < -0.39 is 26.1 Å². The molecular weight excluding hydrogens is 693 g/mol. The Morgan fingerprint density at radius 3 is 1.71 bits per heavy atom. The van der Waals surface area contributed by atoms with Crippen molar-refractivity contribution in [1.82, 2.24) is 13.5 Å². The van der Waals surface area contributed by atoms with Gasteiger partial charge in [0.05, 0.1) is 15.8 Å². The Bertz CT molecular complexity index is 1750. The minimum absolute atomic E-state index is 0.0958. The Balaban J connectivity index is 0.000000190. The number of benzene rings is 2. The van der Waals surface area contributed by atoms with Crippen molar-refractivity contribution in [3.63, 3.8) is 0 Å². The molecule has 13 heteroatoms. The summed E-state index contributed by atoms with van der Waals surface area (Å²) in [5.41, 5.74) is 0.607. The summed E-state index contributed by atoms with van der Waals surface area (Å²) >= 11 is 11.8. The van der Waals surface area contributed by atoms with Crippen molar-refractivity contribution in [3.8, 4) is 0 Å². The topological polar surface area (TPSA) is 112 Å². The maximum atomic E-state index is 13.4. The van der Waals surface area contributed by atoms with Crippen LogP contribution in [0.5, 0.6) is 0 Å². The first-order valence-corrected chi connectivity index (χ1v) is 20.4. The van der Waals surface area contributed by atoms with Crippen LogP contribution in [-0.4, -0.2) is 80.2 Å². The first-order valence-electron chi connectivity index (χ1n) is 16.8. The Hall–Kier alpha value is -2.28. The maximum absolute atomic E-state index is 13.4. The average molecular weight is 739 g/mol. The summed E-state index contributed by atoms with van der Waals surface area (Å²) < 4.78 is 56.2. The lowest BCUT2D eigenvalue weighted by atomic mass is 9.75. The summed E-state index contributed by atoms with van der Waals surface area (Å²) in [6.45, 7) is 3.92. The number of carbonyl (C=O) groups excluding carboxylic acids is 2. The molecule has 0 amide bonds. The van der Waals surface area contributed by atoms with E-state index in [9.17, 15) is 26.4 Å². The minimum Gasteiger partial charge on any atom is -0.383 e. The van der Waals surface area contributed by atoms with E-state index in [1.54, 1.807) is 63.3 Å². The second-order valence-electron chi connectivity index (χ2n) is 13.4. The molecule has 0 radical (unpaired) electrons. The van der Waals surface area contributed by atoms with E-state index in [0.717, 1.165) is 32.1 Å². The van der Waals surface area contributed by atoms with Gasteiger partial charge in [-0.05, 0) is 93.5 Å². The fourth-order valence-corrected chi connectivity index (χ4v) is 12.1. The number of rotatable bonds is 7. The molecule has 0 aromatic heterocycles. The Kier molecular flexibility index (Phi) is 11.5. The second-order valence-corrected chi connectivity index (χ2v) is 17.9. The van der Waals surface area contributed by atoms with Crippen LogP contribution < -0.4 is 0 Å². The van der Waals surface area contributed by atoms with Crippen LogP contribution in [0.1, 0.15) is 71.6 Å². The maximum Gasteiger partial charge on any atom is 0.243 e. The third-order valence-electron chi connectivity index (χ3n) is 10.2. The van der Waals surface area contributed by atoms with Gasteiger partial charge >= 0.3 is 0 Å². The quantitative estimate of drug-likeness (QED) is 0.296. The Morgan fingerprint density at radius 2 is 1.21 bits per heavy atom. The SMILES string of the molecule is CCC1C(=O)/C(=C\N(C)C)C2CCCC1N2S(=O)(=O)c1ccc(Cl)cc1.CCC1C(=O)CC2CCCC1N2S(=O)(=O)c1ccc(Cl)cc1. The highest BCUT2D eigenvalue weighted by molar-refractivity contribution is 7.89. The molecule has 6 rings (SSSR count). The molecule has 6 unspecified atom stereocenters. The predicted octanol–water partition coefficient (Wildman–Crippen LogP) is 6.56. The highest BCUT2D eigenvalue weighted by Gasteiger charge is 2.52. The fraction of sp³-hybridized carbons (Fsp3) is 0.543. The predicted molar refractivity (Wildman–Crippen MR) is 188 cm³/mol. The highest BCUT2D eigenvalue weighted by atomic mass is 35.5. The molecule has 4 fully saturated rings. The molecular formula is C35H45Cl2N3O6S2. The Morgan fingerprint density at radius 1 is 0.729 bits per heavy atom. The van der Waals surface area contributed by atoms with Crippen molar-refractivity contribution >= 4 is 54.8 Å². The zero-order valence-corrected chi connectivity index (χ0v) is 31.0. The molecule has 0 saturated carbocycles. The molecule has 4 aliphatic heterocycles. The van der Waals surface area contributed by atoms with Crippen LogP contribution in [0.15, 0.2) is 70.1 Å². The molecule has 4 bridgehead atoms. The Labute approximate surface area is 295 Å². The zero-order chi connectivity index (χ0) is 35.0. The number of sulfonamides is 2. The highest BCUT2D eigenvalue weighted by Crippen LogP contribution is 2.43. The number of piperidine rings is 4. The van der Waals surface area contributed by atoms with Crippen molar-refractivity contribution in [2.45, 2.75) is 106 Å². The van der Waals surface area contributed by atoms with Gasteiger partial charge in [0, 0.05) is 72.3 Å². The summed E-state index contributed by atoms with van der Waals surface area (Å²) in [6, 6.07) is 11.5. The molecule has 2 aromatic rings. The van der Waals surface area contributed by atoms with E-state index in [-0.39, 0.29) is 51.3 Å². The molecule has 0 N–H and O–H groups in total. The molecule has 262 valence electrons. The standard InChI is InChI=1S/C19H25ClN2O3S.C16H20ClNO3S/c1-4-15-17-6-5-7-18(16(19(15)23)12-21(2)3)22(17)26(24,25)14-10-8-13(20)9-11-14;1-2-14-15-5-3-4-12(10-16(14)19)18(15)22(20,21)13-8-6-11(17)7-9-13/h8-12,15,17-18H,4-7H2,1-3H3;6-9,12,14-15H,2-5,10H2,1H3/b16-12-;. The lowest BCUT2D eigenvalue weighted by molar-refractivity contribution is -0.130. The summed E-state index contributed by atoms with van der Waals surface area (Å²) in [5, 5.41) is 1.01. The smallest absolute Gasteiger partial charge is 0.243 e. The van der Waals surface area contributed by atoms with E-state index in [4.69, 9.17) is 23.2 Å². The molecule has 6 atom stereocenters. The van der Waals surface area contributed by atoms with E-state index >= 15 is 0 Å². The van der Waals surface area contributed by atoms with Gasteiger partial charge in [0.25, 0.3) is 0 Å². The van der Waals surface area contributed by atoms with Gasteiger partial charge in [-0.15, -0.1) is 0 Å². The summed E-state index contributed by atoms with van der Waals surface area (Å²) in [6.07, 6.45) is 8.33. The zero-order valence-electron chi connectivity index (χ0n) is 27.9. The van der Waals surface area contributed by atoms with Gasteiger partial charge in [-0.1, -0.05) is 43.5 Å². The van der Waals surface area contributed by atoms with Crippen LogP contribution in [0.3, 0.4) is 0 Å². The number of hydrogen-bond acceptors (Lipinski definition) is 7. The third kappa shape index (κ3) is 7.14. The van der Waals surface area contributed by atoms with Crippen molar-refractivity contribution in [1.29, 1.82) is 0 Å². The van der Waals surface area contributed by atoms with Crippen LogP contribution in [0.25, 0.3) is 0 Å². The first-order chi connectivity index (χ1) is 22.7. The number of hydrogen-bond donors (Lipinski definition) is 0. The summed E-state index contributed by atoms with van der Waals surface area (Å²) in [5.74, 6) is -0.142. The van der Waals surface area contributed by atoms with Crippen LogP contribution in [0.2, 0.25) is 10.0 Å². The van der Waals surface area contributed by atoms with Crippen molar-refractivity contribution in [2.24, 2.45) is 11.8 Å². The van der Waals surface area contributed by atoms with Gasteiger partial charge in [0.15, 0.2) is 5.78 Å². The van der Waals surface area contributed by atoms with Gasteiger partial charge in [-0.25, -0.2) is 16.8 Å². The van der Waals surface area contributed by atoms with Gasteiger partial charge in [0.1, 0.15) is 5.78 Å². The summed E-state index contributed by atoms with van der Waals surface area (Å²) in [7, 11) is -3.58. The monoisotopic (exact) mass is 737 g/mol. The molecule has 9 nitrogen and oxygen atoms in total. The van der Waals surface area contributed by atoms with Crippen LogP contribution in [0, 0.1) is 11.8 Å². The fourth-order valence-electron chi connectivity index (χ4n) is 8.05. The van der Waals surface area contributed by atoms with E-state index in [0.29, 0.717) is 41.3 Å². The average Bonchev–Trinajstić information content (AvgIpc) is 3.04. The number of halogens is 2. The molecule has 48 heavy (non-hydrogen) atoms. The molecule has 2 aromatic carbocycles. The molecule has 4 heterocycles. The first kappa shape index (κ1) is 37.0. The third-order valence-corrected chi connectivity index (χ3v) is 14.6. The lowest BCUT2D eigenvalue weighted by Gasteiger charge is -2.49. The van der Waals surface area contributed by atoms with Gasteiger partial charge in [-0.2, -0.15) is 8.61 Å². The van der Waals surface area contributed by atoms with Gasteiger partial charge in [-0.3, -0.25) is 9.59 Å². The molecule has 0 spiro atoms. The normalized spacial score (nSPS) is 28.9. The largest absolute Gasteiger partial charge is 0.383 e. The van der Waals surface area contributed by atoms with E-state index in [1.807, 2.05) is 32.8 Å². The van der Waals surface area contributed by atoms with Crippen LogP contribution in [-0.2, 0) is 29.6 Å². The second kappa shape index (κ2) is 14.9. The number of carbonyl (C=O) groups is 2. The molecule has 0 aliphatic carbocycles. The molecule has 4 saturated heterocycles. The summed E-state index contributed by atoms with van der Waals surface area (Å²) in [4.78, 5) is 27.6. The number of Topliss-reactive ketones (excluding diaryl/α,β-unsaturated/α-hetero) is 2. The van der Waals surface area contributed by atoms with Gasteiger partial charge in [0.2, 0.25) is 20.0 Å². The number of ketones is 2. The molecule has 4 aliphatic rings.